The highest BCUT2D eigenvalue weighted by Gasteiger charge is 2.15. The standard InChI is InChI=1S/C20H23N5O/c1-5-19-18(11-21-12-22-19)20(26)23-15(4)16-6-8-17(9-7-16)25-14(3)10-13(2)24-25/h6-12,15H,5H2,1-4H3,(H,23,26). The van der Waals surface area contributed by atoms with Gasteiger partial charge in [-0.25, -0.2) is 14.6 Å². The number of nitrogens with one attached hydrogen (secondary N) is 1. The van der Waals surface area contributed by atoms with Gasteiger partial charge in [0, 0.05) is 11.9 Å². The Labute approximate surface area is 153 Å². The molecule has 6 heteroatoms. The number of aromatic nitrogens is 4. The molecule has 0 saturated carbocycles. The fourth-order valence-electron chi connectivity index (χ4n) is 2.98. The van der Waals surface area contributed by atoms with Crippen LogP contribution in [0.1, 0.15) is 52.9 Å². The normalized spacial score (nSPS) is 12.0. The molecule has 2 aromatic heterocycles. The number of carbonyl (C=O) groups is 1. The maximum absolute atomic E-state index is 12.5. The Morgan fingerprint density at radius 2 is 1.96 bits per heavy atom. The SMILES string of the molecule is CCc1ncncc1C(=O)NC(C)c1ccc(-n2nc(C)cc2C)cc1. The molecule has 0 aliphatic carbocycles. The van der Waals surface area contributed by atoms with Gasteiger partial charge in [0.1, 0.15) is 6.33 Å². The van der Waals surface area contributed by atoms with Crippen LogP contribution in [0.3, 0.4) is 0 Å². The van der Waals surface area contributed by atoms with E-state index in [1.807, 2.05) is 62.7 Å². The first kappa shape index (κ1) is 17.8. The molecule has 1 unspecified atom stereocenters. The predicted molar refractivity (Wildman–Crippen MR) is 100 cm³/mol. The summed E-state index contributed by atoms with van der Waals surface area (Å²) in [6.45, 7) is 7.95. The quantitative estimate of drug-likeness (QED) is 0.767. The van der Waals surface area contributed by atoms with Gasteiger partial charge in [-0.3, -0.25) is 4.79 Å². The van der Waals surface area contributed by atoms with Crippen LogP contribution in [-0.2, 0) is 6.42 Å². The summed E-state index contributed by atoms with van der Waals surface area (Å²) in [6, 6.07) is 9.98. The van der Waals surface area contributed by atoms with Crippen molar-refractivity contribution < 1.29 is 4.79 Å². The molecule has 0 spiro atoms. The highest BCUT2D eigenvalue weighted by Crippen LogP contribution is 2.18. The number of benzene rings is 1. The average Bonchev–Trinajstić information content (AvgIpc) is 2.99. The zero-order valence-corrected chi connectivity index (χ0v) is 15.5. The summed E-state index contributed by atoms with van der Waals surface area (Å²) in [5.41, 5.74) is 5.39. The van der Waals surface area contributed by atoms with Crippen molar-refractivity contribution in [1.82, 2.24) is 25.1 Å². The van der Waals surface area contributed by atoms with Crippen molar-refractivity contribution in [2.24, 2.45) is 0 Å². The number of hydrogen-bond donors (Lipinski definition) is 1. The van der Waals surface area contributed by atoms with Gasteiger partial charge in [0.2, 0.25) is 0 Å². The van der Waals surface area contributed by atoms with E-state index in [-0.39, 0.29) is 11.9 Å². The van der Waals surface area contributed by atoms with Gasteiger partial charge in [0.25, 0.3) is 5.91 Å². The molecule has 0 aliphatic rings. The molecule has 1 amide bonds. The van der Waals surface area contributed by atoms with Gasteiger partial charge in [-0.15, -0.1) is 0 Å². The van der Waals surface area contributed by atoms with Crippen LogP contribution < -0.4 is 5.32 Å². The van der Waals surface area contributed by atoms with Crippen molar-refractivity contribution in [3.05, 3.63) is 71.1 Å². The van der Waals surface area contributed by atoms with E-state index < -0.39 is 0 Å². The molecule has 0 fully saturated rings. The number of nitrogens with zero attached hydrogens (tertiary/aromatic N) is 4. The van der Waals surface area contributed by atoms with Crippen LogP contribution in [0.25, 0.3) is 5.69 Å². The Morgan fingerprint density at radius 1 is 1.23 bits per heavy atom. The van der Waals surface area contributed by atoms with Crippen molar-refractivity contribution in [1.29, 1.82) is 0 Å². The van der Waals surface area contributed by atoms with E-state index in [0.717, 1.165) is 28.3 Å². The fraction of sp³-hybridized carbons (Fsp3) is 0.300. The van der Waals surface area contributed by atoms with Gasteiger partial charge >= 0.3 is 0 Å². The smallest absolute Gasteiger partial charge is 0.255 e. The van der Waals surface area contributed by atoms with Crippen molar-refractivity contribution >= 4 is 5.91 Å². The van der Waals surface area contributed by atoms with Crippen molar-refractivity contribution in [2.45, 2.75) is 40.2 Å². The second-order valence-corrected chi connectivity index (χ2v) is 6.36. The molecular weight excluding hydrogens is 326 g/mol. The Bertz CT molecular complexity index is 914. The molecule has 0 bridgehead atoms. The molecule has 26 heavy (non-hydrogen) atoms. The molecule has 0 radical (unpaired) electrons. The number of rotatable bonds is 5. The second kappa shape index (κ2) is 7.47. The molecule has 134 valence electrons. The second-order valence-electron chi connectivity index (χ2n) is 6.36. The Kier molecular flexibility index (Phi) is 5.11. The minimum Gasteiger partial charge on any atom is -0.345 e. The summed E-state index contributed by atoms with van der Waals surface area (Å²) in [6.07, 6.45) is 3.73. The van der Waals surface area contributed by atoms with Crippen molar-refractivity contribution in [3.8, 4) is 5.69 Å². The van der Waals surface area contributed by atoms with Crippen molar-refractivity contribution in [3.63, 3.8) is 0 Å². The van der Waals surface area contributed by atoms with Crippen LogP contribution >= 0.6 is 0 Å². The van der Waals surface area contributed by atoms with Gasteiger partial charge in [0.15, 0.2) is 0 Å². The van der Waals surface area contributed by atoms with E-state index in [9.17, 15) is 4.79 Å². The Hall–Kier alpha value is -3.02. The first-order valence-electron chi connectivity index (χ1n) is 8.73. The molecule has 3 rings (SSSR count). The van der Waals surface area contributed by atoms with Crippen LogP contribution in [0.15, 0.2) is 42.9 Å². The highest BCUT2D eigenvalue weighted by molar-refractivity contribution is 5.95. The summed E-state index contributed by atoms with van der Waals surface area (Å²) in [5.74, 6) is -0.155. The maximum Gasteiger partial charge on any atom is 0.255 e. The Balaban J connectivity index is 1.75. The molecule has 1 aromatic carbocycles. The lowest BCUT2D eigenvalue weighted by Gasteiger charge is -2.16. The average molecular weight is 349 g/mol. The minimum absolute atomic E-state index is 0.123. The lowest BCUT2D eigenvalue weighted by Crippen LogP contribution is -2.28. The monoisotopic (exact) mass is 349 g/mol. The van der Waals surface area contributed by atoms with Gasteiger partial charge in [0.05, 0.1) is 28.7 Å². The van der Waals surface area contributed by atoms with Crippen LogP contribution in [0.5, 0.6) is 0 Å². The summed E-state index contributed by atoms with van der Waals surface area (Å²) in [4.78, 5) is 20.7. The summed E-state index contributed by atoms with van der Waals surface area (Å²) < 4.78 is 1.91. The topological polar surface area (TPSA) is 72.7 Å². The number of amides is 1. The summed E-state index contributed by atoms with van der Waals surface area (Å²) in [7, 11) is 0. The van der Waals surface area contributed by atoms with Crippen molar-refractivity contribution in [2.75, 3.05) is 0 Å². The number of carbonyl (C=O) groups excluding carboxylic acids is 1. The van der Waals surface area contributed by atoms with E-state index >= 15 is 0 Å². The van der Waals surface area contributed by atoms with Gasteiger partial charge < -0.3 is 5.32 Å². The first-order chi connectivity index (χ1) is 12.5. The molecule has 0 saturated heterocycles. The predicted octanol–water partition coefficient (Wildman–Crippen LogP) is 3.33. The molecule has 1 atom stereocenters. The summed E-state index contributed by atoms with van der Waals surface area (Å²) >= 11 is 0. The largest absolute Gasteiger partial charge is 0.345 e. The summed E-state index contributed by atoms with van der Waals surface area (Å²) in [5, 5.41) is 7.52. The molecule has 1 N–H and O–H groups in total. The molecule has 6 nitrogen and oxygen atoms in total. The number of aryl methyl sites for hydroxylation is 3. The zero-order chi connectivity index (χ0) is 18.7. The van der Waals surface area contributed by atoms with E-state index in [1.165, 1.54) is 6.33 Å². The third-order valence-corrected chi connectivity index (χ3v) is 4.37. The lowest BCUT2D eigenvalue weighted by molar-refractivity contribution is 0.0938. The molecule has 0 aliphatic heterocycles. The van der Waals surface area contributed by atoms with Gasteiger partial charge in [-0.1, -0.05) is 19.1 Å². The Morgan fingerprint density at radius 3 is 2.58 bits per heavy atom. The fourth-order valence-corrected chi connectivity index (χ4v) is 2.98. The third-order valence-electron chi connectivity index (χ3n) is 4.37. The van der Waals surface area contributed by atoms with E-state index in [0.29, 0.717) is 12.0 Å². The zero-order valence-electron chi connectivity index (χ0n) is 15.5. The van der Waals surface area contributed by atoms with Gasteiger partial charge in [-0.05, 0) is 51.0 Å². The third kappa shape index (κ3) is 3.64. The van der Waals surface area contributed by atoms with Crippen LogP contribution in [0.4, 0.5) is 0 Å². The highest BCUT2D eigenvalue weighted by atomic mass is 16.1. The van der Waals surface area contributed by atoms with Gasteiger partial charge in [-0.2, -0.15) is 5.10 Å². The van der Waals surface area contributed by atoms with E-state index in [4.69, 9.17) is 0 Å². The molecule has 3 aromatic rings. The first-order valence-corrected chi connectivity index (χ1v) is 8.73. The molecule has 2 heterocycles. The lowest BCUT2D eigenvalue weighted by atomic mass is 10.1. The molecular formula is C20H23N5O. The maximum atomic E-state index is 12.5. The van der Waals surface area contributed by atoms with E-state index in [2.05, 4.69) is 20.4 Å². The van der Waals surface area contributed by atoms with Crippen LogP contribution in [-0.4, -0.2) is 25.7 Å². The number of hydrogen-bond acceptors (Lipinski definition) is 4. The van der Waals surface area contributed by atoms with E-state index in [1.54, 1.807) is 6.20 Å². The van der Waals surface area contributed by atoms with Crippen LogP contribution in [0.2, 0.25) is 0 Å². The van der Waals surface area contributed by atoms with Crippen LogP contribution in [0, 0.1) is 13.8 Å². The minimum atomic E-state index is -0.155.